The topological polar surface area (TPSA) is 0 Å². The molecule has 0 aliphatic heterocycles. The van der Waals surface area contributed by atoms with Gasteiger partial charge in [0, 0.05) is 57.8 Å². The number of thiophene rings is 6. The highest BCUT2D eigenvalue weighted by atomic mass is 32.1. The average molecular weight is 499 g/mol. The highest BCUT2D eigenvalue weighted by Gasteiger charge is 2.12. The van der Waals surface area contributed by atoms with E-state index in [9.17, 15) is 0 Å². The predicted molar refractivity (Wildman–Crippen MR) is 143 cm³/mol. The zero-order chi connectivity index (χ0) is 20.2. The van der Waals surface area contributed by atoms with Crippen LogP contribution in [0, 0.1) is 13.8 Å². The monoisotopic (exact) mass is 498 g/mol. The van der Waals surface area contributed by atoms with E-state index in [1.807, 2.05) is 68.0 Å². The van der Waals surface area contributed by atoms with Crippen LogP contribution in [0.15, 0.2) is 48.5 Å². The van der Waals surface area contributed by atoms with Crippen LogP contribution in [-0.4, -0.2) is 0 Å². The molecule has 6 heterocycles. The van der Waals surface area contributed by atoms with E-state index >= 15 is 0 Å². The first kappa shape index (κ1) is 19.4. The molecule has 6 aromatic rings. The van der Waals surface area contributed by atoms with Crippen molar-refractivity contribution in [2.75, 3.05) is 0 Å². The largest absolute Gasteiger partial charge is 0.140 e. The molecule has 0 saturated carbocycles. The Morgan fingerprint density at radius 3 is 1.27 bits per heavy atom. The molecule has 0 fully saturated rings. The van der Waals surface area contributed by atoms with Gasteiger partial charge in [0.2, 0.25) is 0 Å². The molecule has 0 aliphatic carbocycles. The maximum absolute atomic E-state index is 2.42. The Balaban J connectivity index is 1.17. The summed E-state index contributed by atoms with van der Waals surface area (Å²) in [5.74, 6) is 0. The van der Waals surface area contributed by atoms with E-state index in [-0.39, 0.29) is 0 Å². The van der Waals surface area contributed by atoms with Crippen molar-refractivity contribution in [1.29, 1.82) is 0 Å². The number of aryl methyl sites for hydroxylation is 4. The van der Waals surface area contributed by atoms with E-state index in [1.54, 1.807) is 0 Å². The molecule has 150 valence electrons. The van der Waals surface area contributed by atoms with Crippen LogP contribution in [0.4, 0.5) is 0 Å². The molecule has 30 heavy (non-hydrogen) atoms. The van der Waals surface area contributed by atoms with Gasteiger partial charge in [-0.15, -0.1) is 68.0 Å². The third-order valence-electron chi connectivity index (χ3n) is 5.10. The molecule has 0 radical (unpaired) electrons. The maximum Gasteiger partial charge on any atom is 0.0463 e. The molecule has 0 spiro atoms. The van der Waals surface area contributed by atoms with Crippen LogP contribution in [0.1, 0.15) is 19.5 Å². The molecular weight excluding hydrogens is 481 g/mol. The zero-order valence-electron chi connectivity index (χ0n) is 16.5. The van der Waals surface area contributed by atoms with Crippen molar-refractivity contribution in [2.24, 2.45) is 0 Å². The summed E-state index contributed by atoms with van der Waals surface area (Å²) in [6.45, 7) is 4.36. The summed E-state index contributed by atoms with van der Waals surface area (Å²) in [5, 5.41) is 0. The van der Waals surface area contributed by atoms with Crippen LogP contribution in [0.5, 0.6) is 0 Å². The van der Waals surface area contributed by atoms with Crippen molar-refractivity contribution >= 4 is 86.8 Å². The molecular formula is C24H18S6. The van der Waals surface area contributed by atoms with Gasteiger partial charge in [0.25, 0.3) is 0 Å². The third kappa shape index (κ3) is 3.64. The van der Waals surface area contributed by atoms with Gasteiger partial charge in [0.1, 0.15) is 0 Å². The van der Waals surface area contributed by atoms with Gasteiger partial charge in [0.15, 0.2) is 0 Å². The van der Waals surface area contributed by atoms with E-state index < -0.39 is 0 Å². The molecule has 0 atom stereocenters. The highest BCUT2D eigenvalue weighted by molar-refractivity contribution is 7.32. The third-order valence-corrected chi connectivity index (χ3v) is 12.2. The molecule has 0 N–H and O–H groups in total. The summed E-state index contributed by atoms with van der Waals surface area (Å²) < 4.78 is 5.77. The summed E-state index contributed by atoms with van der Waals surface area (Å²) in [6, 6.07) is 18.5. The number of hydrogen-bond donors (Lipinski definition) is 0. The predicted octanol–water partition coefficient (Wildman–Crippen LogP) is 10.1. The molecule has 6 rings (SSSR count). The fourth-order valence-electron chi connectivity index (χ4n) is 3.64. The summed E-state index contributed by atoms with van der Waals surface area (Å²) in [5.41, 5.74) is 0. The van der Waals surface area contributed by atoms with E-state index in [0.717, 1.165) is 12.8 Å². The second-order valence-electron chi connectivity index (χ2n) is 7.42. The first-order valence-electron chi connectivity index (χ1n) is 9.79. The molecule has 0 aromatic carbocycles. The first-order chi connectivity index (χ1) is 14.6. The Labute approximate surface area is 199 Å². The van der Waals surface area contributed by atoms with Crippen LogP contribution >= 0.6 is 68.0 Å². The van der Waals surface area contributed by atoms with Crippen molar-refractivity contribution < 1.29 is 0 Å². The van der Waals surface area contributed by atoms with Gasteiger partial charge in [-0.25, -0.2) is 0 Å². The lowest BCUT2D eigenvalue weighted by molar-refractivity contribution is 1.01. The van der Waals surface area contributed by atoms with Crippen LogP contribution in [0.3, 0.4) is 0 Å². The van der Waals surface area contributed by atoms with Crippen molar-refractivity contribution in [3.05, 3.63) is 68.0 Å². The van der Waals surface area contributed by atoms with Gasteiger partial charge in [-0.05, 0) is 75.2 Å². The molecule has 0 aliphatic rings. The summed E-state index contributed by atoms with van der Waals surface area (Å²) >= 11 is 11.6. The Morgan fingerprint density at radius 2 is 0.900 bits per heavy atom. The zero-order valence-corrected chi connectivity index (χ0v) is 21.4. The van der Waals surface area contributed by atoms with Crippen LogP contribution in [-0.2, 0) is 12.8 Å². The van der Waals surface area contributed by atoms with Crippen LogP contribution in [0.25, 0.3) is 38.3 Å². The molecule has 0 unspecified atom stereocenters. The fraction of sp³-hybridized carbons (Fsp3) is 0.167. The van der Waals surface area contributed by atoms with Gasteiger partial charge in [-0.2, -0.15) is 0 Å². The van der Waals surface area contributed by atoms with Gasteiger partial charge in [-0.3, -0.25) is 0 Å². The van der Waals surface area contributed by atoms with E-state index in [2.05, 4.69) is 62.4 Å². The van der Waals surface area contributed by atoms with Crippen molar-refractivity contribution in [1.82, 2.24) is 0 Å². The van der Waals surface area contributed by atoms with E-state index in [1.165, 1.54) is 57.8 Å². The van der Waals surface area contributed by atoms with Crippen molar-refractivity contribution in [3.63, 3.8) is 0 Å². The lowest BCUT2D eigenvalue weighted by Gasteiger charge is -1.95. The lowest BCUT2D eigenvalue weighted by atomic mass is 10.2. The first-order valence-corrected chi connectivity index (χ1v) is 14.7. The SMILES string of the molecule is Cc1ccc(-c2cc3sc(CCc4cc5sc(-c6ccc(C)s6)cc5s4)cc3s2)s1. The lowest BCUT2D eigenvalue weighted by Crippen LogP contribution is -1.83. The maximum atomic E-state index is 2.42. The van der Waals surface area contributed by atoms with Gasteiger partial charge < -0.3 is 0 Å². The minimum Gasteiger partial charge on any atom is -0.140 e. The van der Waals surface area contributed by atoms with Crippen molar-refractivity contribution in [2.45, 2.75) is 26.7 Å². The smallest absolute Gasteiger partial charge is 0.0463 e. The minimum atomic E-state index is 1.14. The number of fused-ring (bicyclic) bond motifs is 2. The fourth-order valence-corrected chi connectivity index (χ4v) is 10.4. The summed E-state index contributed by atoms with van der Waals surface area (Å²) in [4.78, 5) is 11.4. The Hall–Kier alpha value is -1.28. The van der Waals surface area contributed by atoms with Gasteiger partial charge in [-0.1, -0.05) is 0 Å². The molecule has 0 nitrogen and oxygen atoms in total. The standard InChI is InChI=1S/C24H18S6/c1-13-3-7-17(25-13)21-11-23-19(29-21)9-15(27-23)5-6-16-10-20-24(28-16)12-22(30-20)18-8-4-14(2)26-18/h3-4,7-12H,5-6H2,1-2H3. The van der Waals surface area contributed by atoms with E-state index in [0.29, 0.717) is 0 Å². The highest BCUT2D eigenvalue weighted by Crippen LogP contribution is 2.42. The second-order valence-corrected chi connectivity index (χ2v) is 14.5. The number of hydrogen-bond acceptors (Lipinski definition) is 6. The average Bonchev–Trinajstić information content (AvgIpc) is 3.49. The molecule has 0 bridgehead atoms. The summed E-state index contributed by atoms with van der Waals surface area (Å²) in [7, 11) is 0. The molecule has 0 saturated heterocycles. The Kier molecular flexibility index (Phi) is 4.98. The molecule has 6 heteroatoms. The quantitative estimate of drug-likeness (QED) is 0.222. The normalized spacial score (nSPS) is 11.9. The van der Waals surface area contributed by atoms with Gasteiger partial charge >= 0.3 is 0 Å². The van der Waals surface area contributed by atoms with Crippen LogP contribution < -0.4 is 0 Å². The minimum absolute atomic E-state index is 1.14. The molecule has 0 amide bonds. The Bertz CT molecular complexity index is 1300. The number of rotatable bonds is 5. The summed E-state index contributed by atoms with van der Waals surface area (Å²) in [6.07, 6.45) is 2.29. The Morgan fingerprint density at radius 1 is 0.467 bits per heavy atom. The van der Waals surface area contributed by atoms with Crippen LogP contribution in [0.2, 0.25) is 0 Å². The molecule has 6 aromatic heterocycles. The van der Waals surface area contributed by atoms with E-state index in [4.69, 9.17) is 0 Å². The van der Waals surface area contributed by atoms with Gasteiger partial charge in [0.05, 0.1) is 0 Å². The second kappa shape index (κ2) is 7.69. The van der Waals surface area contributed by atoms with Crippen molar-refractivity contribution in [3.8, 4) is 19.5 Å².